The number of halogens is 2. The normalized spacial score (nSPS) is 13.9. The fraction of sp³-hybridized carbons (Fsp3) is 0.143. The van der Waals surface area contributed by atoms with Gasteiger partial charge in [0, 0.05) is 23.2 Å². The lowest BCUT2D eigenvalue weighted by Crippen LogP contribution is -2.43. The van der Waals surface area contributed by atoms with Crippen molar-refractivity contribution in [3.05, 3.63) is 75.5 Å². The van der Waals surface area contributed by atoms with Crippen LogP contribution in [-0.4, -0.2) is 36.8 Å². The molecule has 0 saturated heterocycles. The molecule has 3 heterocycles. The summed E-state index contributed by atoms with van der Waals surface area (Å²) in [7, 11) is -3.93. The van der Waals surface area contributed by atoms with Gasteiger partial charge in [-0.25, -0.2) is 18.3 Å². The molecule has 0 bridgehead atoms. The van der Waals surface area contributed by atoms with Crippen LogP contribution in [-0.2, 0) is 32.3 Å². The van der Waals surface area contributed by atoms with Gasteiger partial charge in [-0.15, -0.1) is 0 Å². The van der Waals surface area contributed by atoms with E-state index in [2.05, 4.69) is 4.98 Å². The van der Waals surface area contributed by atoms with Gasteiger partial charge < -0.3 is 0 Å². The number of thiophene rings is 1. The van der Waals surface area contributed by atoms with E-state index >= 15 is 0 Å². The van der Waals surface area contributed by atoms with E-state index < -0.39 is 38.3 Å². The Morgan fingerprint density at radius 1 is 1.16 bits per heavy atom. The number of fused-ring (bicyclic) bond motifs is 1. The summed E-state index contributed by atoms with van der Waals surface area (Å²) in [5.74, 6) is -2.28. The van der Waals surface area contributed by atoms with E-state index in [1.54, 1.807) is 12.1 Å². The molecular formula is C21H14ClFN2O5S2. The van der Waals surface area contributed by atoms with Gasteiger partial charge in [0.05, 0.1) is 6.42 Å². The fourth-order valence-electron chi connectivity index (χ4n) is 3.29. The molecule has 7 nitrogen and oxygen atoms in total. The highest BCUT2D eigenvalue weighted by Crippen LogP contribution is 2.27. The Labute approximate surface area is 191 Å². The van der Waals surface area contributed by atoms with Crippen LogP contribution in [0.3, 0.4) is 0 Å². The van der Waals surface area contributed by atoms with Crippen LogP contribution in [0.1, 0.15) is 21.5 Å². The van der Waals surface area contributed by atoms with Crippen molar-refractivity contribution in [2.75, 3.05) is 10.7 Å². The molecule has 0 saturated carbocycles. The van der Waals surface area contributed by atoms with E-state index in [0.29, 0.717) is 33.0 Å². The Morgan fingerprint density at radius 2 is 1.94 bits per heavy atom. The molecule has 1 aromatic carbocycles. The molecule has 0 fully saturated rings. The number of Topliss-reactive ketones (excluding diaryl/α,β-unsaturated/α-hetero) is 1. The highest BCUT2D eigenvalue weighted by atomic mass is 35.5. The lowest BCUT2D eigenvalue weighted by atomic mass is 9.98. The van der Waals surface area contributed by atoms with Gasteiger partial charge in [-0.1, -0.05) is 35.1 Å². The molecule has 164 valence electrons. The van der Waals surface area contributed by atoms with Crippen molar-refractivity contribution < 1.29 is 27.2 Å². The SMILES string of the molecule is O=C(Cc1ccc(N2C(=O)Cc3ccc(Cl)cc3C2=O)nc1)CS(=O)(=O)c1ccc(F)s1. The summed E-state index contributed by atoms with van der Waals surface area (Å²) in [4.78, 5) is 42.6. The molecular weight excluding hydrogens is 479 g/mol. The summed E-state index contributed by atoms with van der Waals surface area (Å²) in [6, 6.07) is 9.78. The molecule has 4 rings (SSSR count). The number of benzene rings is 1. The standard InChI is InChI=1S/C21H14ClFN2O5S2/c22-14-3-2-13-8-19(27)25(21(28)16(13)9-14)18-5-1-12(10-24-18)7-15(26)11-32(29,30)20-6-4-17(23)31-20/h1-6,9-10H,7-8,11H2. The predicted molar refractivity (Wildman–Crippen MR) is 116 cm³/mol. The van der Waals surface area contributed by atoms with Gasteiger partial charge in [0.1, 0.15) is 15.8 Å². The zero-order valence-corrected chi connectivity index (χ0v) is 18.6. The van der Waals surface area contributed by atoms with Crippen molar-refractivity contribution in [1.82, 2.24) is 4.98 Å². The number of pyridine rings is 1. The van der Waals surface area contributed by atoms with Crippen molar-refractivity contribution in [3.8, 4) is 0 Å². The van der Waals surface area contributed by atoms with Crippen molar-refractivity contribution in [1.29, 1.82) is 0 Å². The summed E-state index contributed by atoms with van der Waals surface area (Å²) in [6.07, 6.45) is 1.10. The smallest absolute Gasteiger partial charge is 0.266 e. The number of nitrogens with zero attached hydrogens (tertiary/aromatic N) is 2. The summed E-state index contributed by atoms with van der Waals surface area (Å²) in [5, 5.41) is -0.282. The molecule has 2 amide bonds. The maximum absolute atomic E-state index is 13.1. The van der Waals surface area contributed by atoms with E-state index in [4.69, 9.17) is 11.6 Å². The van der Waals surface area contributed by atoms with Crippen molar-refractivity contribution >= 4 is 56.2 Å². The number of amides is 2. The predicted octanol–water partition coefficient (Wildman–Crippen LogP) is 3.25. The number of sulfone groups is 1. The van der Waals surface area contributed by atoms with Gasteiger partial charge >= 0.3 is 0 Å². The van der Waals surface area contributed by atoms with Gasteiger partial charge in [-0.3, -0.25) is 14.4 Å². The van der Waals surface area contributed by atoms with Crippen LogP contribution in [0.15, 0.2) is 52.9 Å². The quantitative estimate of drug-likeness (QED) is 0.489. The average molecular weight is 493 g/mol. The van der Waals surface area contributed by atoms with Gasteiger partial charge in [-0.2, -0.15) is 4.39 Å². The second kappa shape index (κ2) is 8.53. The lowest BCUT2D eigenvalue weighted by molar-refractivity contribution is -0.118. The third-order valence-electron chi connectivity index (χ3n) is 4.74. The van der Waals surface area contributed by atoms with Crippen molar-refractivity contribution in [2.24, 2.45) is 0 Å². The molecule has 2 aromatic heterocycles. The molecule has 1 aliphatic rings. The van der Waals surface area contributed by atoms with Crippen LogP contribution >= 0.6 is 22.9 Å². The topological polar surface area (TPSA) is 101 Å². The van der Waals surface area contributed by atoms with E-state index in [-0.39, 0.29) is 22.9 Å². The molecule has 0 spiro atoms. The van der Waals surface area contributed by atoms with E-state index in [1.807, 2.05) is 0 Å². The highest BCUT2D eigenvalue weighted by molar-refractivity contribution is 7.94. The molecule has 0 unspecified atom stereocenters. The van der Waals surface area contributed by atoms with E-state index in [0.717, 1.165) is 17.0 Å². The molecule has 1 aliphatic heterocycles. The maximum Gasteiger partial charge on any atom is 0.266 e. The minimum absolute atomic E-state index is 0.0152. The fourth-order valence-corrected chi connectivity index (χ4v) is 5.79. The molecule has 3 aromatic rings. The molecule has 0 atom stereocenters. The first kappa shape index (κ1) is 22.3. The minimum atomic E-state index is -3.93. The van der Waals surface area contributed by atoms with Crippen LogP contribution in [0.2, 0.25) is 5.02 Å². The Kier molecular flexibility index (Phi) is 5.93. The zero-order valence-electron chi connectivity index (χ0n) is 16.2. The number of rotatable bonds is 6. The zero-order chi connectivity index (χ0) is 23.0. The third kappa shape index (κ3) is 4.47. The lowest BCUT2D eigenvalue weighted by Gasteiger charge is -2.26. The molecule has 32 heavy (non-hydrogen) atoms. The number of anilines is 1. The van der Waals surface area contributed by atoms with Gasteiger partial charge in [0.15, 0.2) is 20.8 Å². The van der Waals surface area contributed by atoms with Gasteiger partial charge in [0.25, 0.3) is 5.91 Å². The maximum atomic E-state index is 13.1. The van der Waals surface area contributed by atoms with Crippen LogP contribution in [0, 0.1) is 5.13 Å². The first-order valence-corrected chi connectivity index (χ1v) is 12.1. The minimum Gasteiger partial charge on any atom is -0.298 e. The van der Waals surface area contributed by atoms with Gasteiger partial charge in [0.2, 0.25) is 5.91 Å². The number of carbonyl (C=O) groups is 3. The first-order valence-electron chi connectivity index (χ1n) is 9.24. The number of carbonyl (C=O) groups excluding carboxylic acids is 3. The number of hydrogen-bond acceptors (Lipinski definition) is 7. The van der Waals surface area contributed by atoms with Gasteiger partial charge in [-0.05, 0) is 41.5 Å². The van der Waals surface area contributed by atoms with E-state index in [1.165, 1.54) is 24.4 Å². The largest absolute Gasteiger partial charge is 0.298 e. The van der Waals surface area contributed by atoms with Crippen LogP contribution in [0.5, 0.6) is 0 Å². The second-order valence-corrected chi connectivity index (χ2v) is 10.8. The Morgan fingerprint density at radius 3 is 2.59 bits per heavy atom. The Balaban J connectivity index is 1.48. The Bertz CT molecular complexity index is 1350. The summed E-state index contributed by atoms with van der Waals surface area (Å²) >= 11 is 6.42. The van der Waals surface area contributed by atoms with E-state index in [9.17, 15) is 27.2 Å². The molecule has 0 radical (unpaired) electrons. The summed E-state index contributed by atoms with van der Waals surface area (Å²) in [5.41, 5.74) is 1.30. The average Bonchev–Trinajstić information content (AvgIpc) is 3.17. The number of hydrogen-bond donors (Lipinski definition) is 0. The molecule has 0 aliphatic carbocycles. The second-order valence-electron chi connectivity index (χ2n) is 7.07. The third-order valence-corrected chi connectivity index (χ3v) is 8.11. The number of aromatic nitrogens is 1. The van der Waals surface area contributed by atoms with Crippen molar-refractivity contribution in [3.63, 3.8) is 0 Å². The van der Waals surface area contributed by atoms with Crippen molar-refractivity contribution in [2.45, 2.75) is 17.1 Å². The highest BCUT2D eigenvalue weighted by Gasteiger charge is 2.33. The summed E-state index contributed by atoms with van der Waals surface area (Å²) < 4.78 is 37.3. The molecule has 0 N–H and O–H groups in total. The van der Waals surface area contributed by atoms with Crippen LogP contribution < -0.4 is 4.90 Å². The van der Waals surface area contributed by atoms with Crippen LogP contribution in [0.4, 0.5) is 10.2 Å². The Hall–Kier alpha value is -2.95. The monoisotopic (exact) mass is 492 g/mol. The first-order chi connectivity index (χ1) is 15.1. The number of ketones is 1. The summed E-state index contributed by atoms with van der Waals surface area (Å²) in [6.45, 7) is 0. The molecule has 11 heteroatoms. The van der Waals surface area contributed by atoms with Crippen LogP contribution in [0.25, 0.3) is 0 Å². The number of imide groups is 1.